The Kier molecular flexibility index (Phi) is 3.36. The average Bonchev–Trinajstić information content (AvgIpc) is 2.54. The van der Waals surface area contributed by atoms with Crippen LogP contribution >= 0.6 is 0 Å². The fourth-order valence-corrected chi connectivity index (χ4v) is 6.97. The van der Waals surface area contributed by atoms with Gasteiger partial charge < -0.3 is 9.29 Å². The fourth-order valence-electron chi connectivity index (χ4n) is 3.99. The Morgan fingerprint density at radius 3 is 2.61 bits per heavy atom. The van der Waals surface area contributed by atoms with E-state index in [2.05, 4.69) is 19.9 Å². The van der Waals surface area contributed by atoms with Gasteiger partial charge in [-0.3, -0.25) is 0 Å². The highest BCUT2D eigenvalue weighted by Crippen LogP contribution is 2.58. The molecule has 2 unspecified atom stereocenters. The summed E-state index contributed by atoms with van der Waals surface area (Å²) in [6.07, 6.45) is 0.970. The lowest BCUT2D eigenvalue weighted by molar-refractivity contribution is 0.276. The summed E-state index contributed by atoms with van der Waals surface area (Å²) in [7, 11) is -0.799. The highest BCUT2D eigenvalue weighted by molar-refractivity contribution is 8.00. The zero-order valence-corrected chi connectivity index (χ0v) is 14.5. The first-order valence-electron chi connectivity index (χ1n) is 8.04. The van der Waals surface area contributed by atoms with Crippen LogP contribution in [0, 0.1) is 12.8 Å². The van der Waals surface area contributed by atoms with Crippen molar-refractivity contribution < 1.29 is 9.29 Å². The van der Waals surface area contributed by atoms with E-state index < -0.39 is 10.1 Å². The summed E-state index contributed by atoms with van der Waals surface area (Å²) in [6, 6.07) is 13.9. The van der Waals surface area contributed by atoms with Crippen molar-refractivity contribution in [2.75, 3.05) is 7.11 Å². The molecule has 4 heteroatoms. The summed E-state index contributed by atoms with van der Waals surface area (Å²) in [5.41, 5.74) is 3.17. The molecule has 0 aromatic heterocycles. The molecule has 2 aliphatic rings. The zero-order valence-electron chi connectivity index (χ0n) is 13.7. The van der Waals surface area contributed by atoms with Gasteiger partial charge in [0.05, 0.1) is 7.11 Å². The van der Waals surface area contributed by atoms with Gasteiger partial charge in [0.25, 0.3) is 0 Å². The molecule has 1 aliphatic heterocycles. The highest BCUT2D eigenvalue weighted by Gasteiger charge is 2.53. The summed E-state index contributed by atoms with van der Waals surface area (Å²) in [6.45, 7) is 4.32. The van der Waals surface area contributed by atoms with Gasteiger partial charge in [-0.2, -0.15) is 0 Å². The van der Waals surface area contributed by atoms with E-state index in [4.69, 9.17) is 9.10 Å². The average molecular weight is 327 g/mol. The van der Waals surface area contributed by atoms with E-state index in [1.807, 2.05) is 36.4 Å². The van der Waals surface area contributed by atoms with Gasteiger partial charge in [-0.05, 0) is 58.7 Å². The van der Waals surface area contributed by atoms with Crippen molar-refractivity contribution in [3.05, 3.63) is 53.6 Å². The van der Waals surface area contributed by atoms with Crippen LogP contribution < -0.4 is 4.74 Å². The van der Waals surface area contributed by atoms with E-state index >= 15 is 0 Å². The van der Waals surface area contributed by atoms with Gasteiger partial charge in [0.2, 0.25) is 0 Å². The maximum Gasteiger partial charge on any atom is 0.155 e. The quantitative estimate of drug-likeness (QED) is 0.753. The van der Waals surface area contributed by atoms with Gasteiger partial charge in [0.1, 0.15) is 15.9 Å². The predicted molar refractivity (Wildman–Crippen MR) is 93.0 cm³/mol. The second kappa shape index (κ2) is 5.18. The third kappa shape index (κ3) is 2.08. The largest absolute Gasteiger partial charge is 0.626 e. The lowest BCUT2D eigenvalue weighted by Crippen LogP contribution is -2.48. The van der Waals surface area contributed by atoms with Crippen molar-refractivity contribution >= 4 is 15.8 Å². The molecule has 1 saturated carbocycles. The van der Waals surface area contributed by atoms with Gasteiger partial charge in [-0.25, -0.2) is 0 Å². The number of hydrogen-bond acceptors (Lipinski definition) is 3. The van der Waals surface area contributed by atoms with Crippen LogP contribution in [0.3, 0.4) is 0 Å². The summed E-state index contributed by atoms with van der Waals surface area (Å²) >= 11 is 0. The Morgan fingerprint density at radius 2 is 1.96 bits per heavy atom. The Morgan fingerprint density at radius 1 is 1.22 bits per heavy atom. The molecule has 0 saturated heterocycles. The van der Waals surface area contributed by atoms with Crippen LogP contribution in [0.15, 0.2) is 51.7 Å². The number of hydrogen-bond donors (Lipinski definition) is 0. The molecule has 1 fully saturated rings. The Balaban J connectivity index is 2.00. The third-order valence-corrected chi connectivity index (χ3v) is 7.87. The molecule has 1 aliphatic carbocycles. The molecule has 2 aromatic rings. The highest BCUT2D eigenvalue weighted by atomic mass is 32.3. The van der Waals surface area contributed by atoms with Crippen molar-refractivity contribution in [1.82, 2.24) is 0 Å². The summed E-state index contributed by atoms with van der Waals surface area (Å²) < 4.78 is 24.2. The molecule has 2 aromatic carbocycles. The standard InChI is InChI=1S/C19H21NO2S/c1-12-9-15-18-13(2)11-17(18)23(21,14-7-5-4-6-8-14)20-19(15)16(10-12)22-3/h4-10,13,17-18H,11H2,1-3H3/t13?,17-,18-,23?/m1/s1. The van der Waals surface area contributed by atoms with Crippen LogP contribution in [-0.2, 0) is 10.1 Å². The molecule has 120 valence electrons. The smallest absolute Gasteiger partial charge is 0.155 e. The molecule has 0 radical (unpaired) electrons. The Hall–Kier alpha value is -1.65. The lowest BCUT2D eigenvalue weighted by Gasteiger charge is -2.49. The minimum Gasteiger partial charge on any atom is -0.626 e. The number of fused-ring (bicyclic) bond motifs is 3. The third-order valence-electron chi connectivity index (χ3n) is 5.16. The predicted octanol–water partition coefficient (Wildman–Crippen LogP) is 4.67. The normalized spacial score (nSPS) is 31.4. The second-order valence-electron chi connectivity index (χ2n) is 6.66. The van der Waals surface area contributed by atoms with Crippen LogP contribution in [0.2, 0.25) is 0 Å². The monoisotopic (exact) mass is 327 g/mol. The van der Waals surface area contributed by atoms with Gasteiger partial charge in [0.15, 0.2) is 5.69 Å². The first-order chi connectivity index (χ1) is 11.0. The number of benzene rings is 2. The van der Waals surface area contributed by atoms with Crippen LogP contribution in [0.1, 0.15) is 30.4 Å². The number of ether oxygens (including phenoxy) is 1. The first kappa shape index (κ1) is 14.9. The molecule has 4 rings (SSSR count). The Bertz CT molecular complexity index is 816. The molecule has 23 heavy (non-hydrogen) atoms. The molecular formula is C19H21NO2S. The summed E-state index contributed by atoms with van der Waals surface area (Å²) in [5, 5.41) is 0.110. The van der Waals surface area contributed by atoms with E-state index in [0.29, 0.717) is 11.8 Å². The summed E-state index contributed by atoms with van der Waals surface area (Å²) in [5.74, 6) is 1.58. The van der Waals surface area contributed by atoms with Crippen molar-refractivity contribution in [2.24, 2.45) is 10.3 Å². The van der Waals surface area contributed by atoms with Crippen molar-refractivity contribution in [2.45, 2.75) is 36.3 Å². The maximum atomic E-state index is 13.8. The molecule has 0 N–H and O–H groups in total. The first-order valence-corrected chi connectivity index (χ1v) is 9.62. The van der Waals surface area contributed by atoms with Gasteiger partial charge >= 0.3 is 0 Å². The summed E-state index contributed by atoms with van der Waals surface area (Å²) in [4.78, 5) is 0.843. The van der Waals surface area contributed by atoms with Gasteiger partial charge in [-0.1, -0.05) is 35.6 Å². The fraction of sp³-hybridized carbons (Fsp3) is 0.368. The Labute approximate surface area is 138 Å². The lowest BCUT2D eigenvalue weighted by atomic mass is 9.69. The van der Waals surface area contributed by atoms with Crippen LogP contribution in [0.25, 0.3) is 0 Å². The topological polar surface area (TPSA) is 44.6 Å². The molecule has 0 amide bonds. The van der Waals surface area contributed by atoms with Crippen molar-refractivity contribution in [1.29, 1.82) is 0 Å². The van der Waals surface area contributed by atoms with Crippen LogP contribution in [-0.4, -0.2) is 16.9 Å². The molecule has 1 heterocycles. The molecule has 4 atom stereocenters. The molecule has 0 bridgehead atoms. The van der Waals surface area contributed by atoms with Gasteiger partial charge in [-0.15, -0.1) is 0 Å². The zero-order chi connectivity index (χ0) is 16.2. The van der Waals surface area contributed by atoms with E-state index in [1.165, 1.54) is 11.1 Å². The minimum absolute atomic E-state index is 0.110. The second-order valence-corrected chi connectivity index (χ2v) is 9.05. The SMILES string of the molecule is COc1cc(C)cc2c1N=[S+]([O-])(c1ccccc1)[C@@H]1CC(C)[C@H]21. The number of aryl methyl sites for hydroxylation is 1. The van der Waals surface area contributed by atoms with Crippen molar-refractivity contribution in [3.8, 4) is 5.75 Å². The van der Waals surface area contributed by atoms with Crippen LogP contribution in [0.4, 0.5) is 5.69 Å². The van der Waals surface area contributed by atoms with Gasteiger partial charge in [0, 0.05) is 5.92 Å². The number of rotatable bonds is 2. The number of nitrogens with zero attached hydrogens (tertiary/aromatic N) is 1. The van der Waals surface area contributed by atoms with E-state index in [0.717, 1.165) is 22.8 Å². The van der Waals surface area contributed by atoms with Crippen LogP contribution in [0.5, 0.6) is 5.75 Å². The molecular weight excluding hydrogens is 306 g/mol. The van der Waals surface area contributed by atoms with Crippen molar-refractivity contribution in [3.63, 3.8) is 0 Å². The molecule has 0 spiro atoms. The van der Waals surface area contributed by atoms with E-state index in [9.17, 15) is 4.55 Å². The maximum absolute atomic E-state index is 13.8. The van der Waals surface area contributed by atoms with E-state index in [1.54, 1.807) is 7.11 Å². The molecule has 3 nitrogen and oxygen atoms in total. The number of methoxy groups -OCH3 is 1. The van der Waals surface area contributed by atoms with E-state index in [-0.39, 0.29) is 5.25 Å². The minimum atomic E-state index is -2.46.